The lowest BCUT2D eigenvalue weighted by atomic mass is 9.83. The molecule has 2 amide bonds. The normalized spacial score (nSPS) is 17.8. The Labute approximate surface area is 263 Å². The molecule has 4 N–H and O–H groups in total. The molecule has 0 radical (unpaired) electrons. The van der Waals surface area contributed by atoms with Crippen LogP contribution < -0.4 is 16.4 Å². The van der Waals surface area contributed by atoms with Gasteiger partial charge in [0.2, 0.25) is 5.91 Å². The molecule has 0 saturated carbocycles. The van der Waals surface area contributed by atoms with Crippen LogP contribution in [0.5, 0.6) is 0 Å². The highest BCUT2D eigenvalue weighted by atomic mass is 16.6. The Kier molecular flexibility index (Phi) is 17.4. The first-order chi connectivity index (χ1) is 20.8. The first-order valence-electron chi connectivity index (χ1n) is 15.2. The van der Waals surface area contributed by atoms with Crippen molar-refractivity contribution in [1.29, 1.82) is 0 Å². The number of nitrogens with one attached hydrogen (secondary N) is 2. The van der Waals surface area contributed by atoms with Crippen molar-refractivity contribution >= 4 is 23.8 Å². The van der Waals surface area contributed by atoms with E-state index in [-0.39, 0.29) is 36.1 Å². The van der Waals surface area contributed by atoms with E-state index in [1.54, 1.807) is 38.2 Å². The van der Waals surface area contributed by atoms with E-state index in [0.29, 0.717) is 44.3 Å². The molecule has 242 valence electrons. The highest BCUT2D eigenvalue weighted by molar-refractivity contribution is 5.94. The number of nitrogens with two attached hydrogens (primary N) is 1. The molecule has 1 aliphatic rings. The molecule has 9 heteroatoms. The molecule has 1 rings (SSSR count). The zero-order valence-corrected chi connectivity index (χ0v) is 27.4. The molecule has 0 aromatic carbocycles. The first-order valence-corrected chi connectivity index (χ1v) is 15.2. The lowest BCUT2D eigenvalue weighted by Gasteiger charge is -2.29. The van der Waals surface area contributed by atoms with Crippen LogP contribution in [0.15, 0.2) is 59.8 Å². The van der Waals surface area contributed by atoms with Crippen LogP contribution in [0.2, 0.25) is 0 Å². The van der Waals surface area contributed by atoms with Crippen molar-refractivity contribution in [3.05, 3.63) is 59.8 Å². The van der Waals surface area contributed by atoms with Crippen molar-refractivity contribution in [3.8, 4) is 11.8 Å². The predicted molar refractivity (Wildman–Crippen MR) is 174 cm³/mol. The van der Waals surface area contributed by atoms with Crippen molar-refractivity contribution in [2.24, 2.45) is 17.1 Å². The third kappa shape index (κ3) is 15.5. The number of ketones is 1. The summed E-state index contributed by atoms with van der Waals surface area (Å²) in [5.41, 5.74) is 6.56. The molecule has 1 aliphatic heterocycles. The van der Waals surface area contributed by atoms with Crippen molar-refractivity contribution in [3.63, 3.8) is 0 Å². The Morgan fingerprint density at radius 2 is 1.91 bits per heavy atom. The van der Waals surface area contributed by atoms with Crippen LogP contribution in [0.3, 0.4) is 0 Å². The van der Waals surface area contributed by atoms with Crippen LogP contribution in [0, 0.1) is 23.2 Å². The second-order valence-corrected chi connectivity index (χ2v) is 12.0. The fourth-order valence-corrected chi connectivity index (χ4v) is 4.31. The molecule has 0 bridgehead atoms. The highest BCUT2D eigenvalue weighted by Gasteiger charge is 2.31. The summed E-state index contributed by atoms with van der Waals surface area (Å²) in [7, 11) is 0. The van der Waals surface area contributed by atoms with Gasteiger partial charge in [0.05, 0.1) is 6.04 Å². The molecule has 1 heterocycles. The Bertz CT molecular complexity index is 1190. The number of amides is 2. The Morgan fingerprint density at radius 3 is 2.55 bits per heavy atom. The minimum Gasteiger partial charge on any atom is -0.458 e. The minimum atomic E-state index is -0.696. The number of rotatable bonds is 16. The maximum Gasteiger partial charge on any atom is 0.407 e. The van der Waals surface area contributed by atoms with Gasteiger partial charge in [-0.25, -0.2) is 9.59 Å². The van der Waals surface area contributed by atoms with E-state index in [1.165, 1.54) is 6.08 Å². The van der Waals surface area contributed by atoms with Crippen molar-refractivity contribution in [1.82, 2.24) is 10.6 Å². The summed E-state index contributed by atoms with van der Waals surface area (Å²) >= 11 is 0. The molecule has 0 unspecified atom stereocenters. The second kappa shape index (κ2) is 20.1. The van der Waals surface area contributed by atoms with Crippen molar-refractivity contribution in [2.45, 2.75) is 98.8 Å². The van der Waals surface area contributed by atoms with Crippen LogP contribution in [0.4, 0.5) is 4.79 Å². The van der Waals surface area contributed by atoms with Crippen LogP contribution in [-0.2, 0) is 23.9 Å². The molecule has 0 aromatic heterocycles. The molecular weight excluding hydrogens is 558 g/mol. The van der Waals surface area contributed by atoms with Crippen molar-refractivity contribution < 1.29 is 28.7 Å². The van der Waals surface area contributed by atoms with Gasteiger partial charge in [-0.3, -0.25) is 9.59 Å². The van der Waals surface area contributed by atoms with Crippen LogP contribution in [0.25, 0.3) is 0 Å². The molecule has 0 fully saturated rings. The molecule has 0 saturated heterocycles. The summed E-state index contributed by atoms with van der Waals surface area (Å²) in [6, 6.07) is -0.696. The van der Waals surface area contributed by atoms with Gasteiger partial charge in [0.15, 0.2) is 5.78 Å². The molecule has 0 aliphatic carbocycles. The lowest BCUT2D eigenvalue weighted by Crippen LogP contribution is -2.48. The average molecular weight is 610 g/mol. The van der Waals surface area contributed by atoms with E-state index in [0.717, 1.165) is 5.57 Å². The summed E-state index contributed by atoms with van der Waals surface area (Å²) < 4.78 is 10.9. The summed E-state index contributed by atoms with van der Waals surface area (Å²) in [5.74, 6) is 5.00. The maximum atomic E-state index is 13.1. The summed E-state index contributed by atoms with van der Waals surface area (Å²) in [6.07, 6.45) is 15.2. The number of hydrogen-bond donors (Lipinski definition) is 3. The molecule has 0 aromatic rings. The number of ether oxygens (including phenoxy) is 2. The van der Waals surface area contributed by atoms with Gasteiger partial charge in [-0.1, -0.05) is 81.7 Å². The topological polar surface area (TPSA) is 137 Å². The minimum absolute atomic E-state index is 0.0437. The van der Waals surface area contributed by atoms with E-state index in [1.807, 2.05) is 52.8 Å². The number of esters is 1. The third-order valence-corrected chi connectivity index (χ3v) is 6.86. The van der Waals surface area contributed by atoms with Gasteiger partial charge in [0.1, 0.15) is 12.2 Å². The van der Waals surface area contributed by atoms with E-state index >= 15 is 0 Å². The largest absolute Gasteiger partial charge is 0.458 e. The zero-order valence-electron chi connectivity index (χ0n) is 27.4. The third-order valence-electron chi connectivity index (χ3n) is 6.86. The van der Waals surface area contributed by atoms with E-state index in [2.05, 4.69) is 22.5 Å². The van der Waals surface area contributed by atoms with Crippen LogP contribution >= 0.6 is 0 Å². The number of allylic oxidation sites excluding steroid dienone is 5. The molecule has 9 nitrogen and oxygen atoms in total. The Morgan fingerprint density at radius 1 is 1.20 bits per heavy atom. The quantitative estimate of drug-likeness (QED) is 0.0544. The van der Waals surface area contributed by atoms with Gasteiger partial charge in [-0.05, 0) is 39.2 Å². The van der Waals surface area contributed by atoms with Gasteiger partial charge in [0.25, 0.3) is 0 Å². The zero-order chi connectivity index (χ0) is 33.1. The fourth-order valence-electron chi connectivity index (χ4n) is 4.31. The van der Waals surface area contributed by atoms with E-state index in [9.17, 15) is 19.2 Å². The molecule has 4 atom stereocenters. The highest BCUT2D eigenvalue weighted by Crippen LogP contribution is 2.23. The lowest BCUT2D eigenvalue weighted by molar-refractivity contribution is -0.147. The standard InChI is InChI=1S/C35H51N3O6/c1-8-9-16-28(43-34(42)37-23-14-22-36)17-11-12-18-29(39)32(35(5,6)7)38-31(40)19-13-10-15-25(2)24-27(4)30-21-20-26(3)33(41)44-30/h10-13,15,19-20,24,27-28,30,32H,14,16-18,21-23,36H2,1-7H3,(H,37,42)(H,38,40)/b12-11-,15-10-,19-13-,25-24+/t27-,28-,30-,32+/m0/s1. The van der Waals surface area contributed by atoms with Gasteiger partial charge in [0, 0.05) is 49.8 Å². The number of cyclic esters (lactones) is 1. The summed E-state index contributed by atoms with van der Waals surface area (Å²) in [5, 5.41) is 5.50. The number of carbonyl (C=O) groups is 4. The first kappa shape index (κ1) is 38.1. The molecule has 0 spiro atoms. The SMILES string of the molecule is CC#CC[C@@H](C/C=C\CC(=O)[C@@H](NC(=O)\C=C/C=C\C(C)=C\[C@H](C)[C@@H]1CC=C(C)C(=O)O1)C(C)(C)C)OC(=O)NCCCN. The van der Waals surface area contributed by atoms with Gasteiger partial charge in [-0.2, -0.15) is 0 Å². The van der Waals surface area contributed by atoms with Gasteiger partial charge >= 0.3 is 12.1 Å². The smallest absolute Gasteiger partial charge is 0.407 e. The number of carbonyl (C=O) groups excluding carboxylic acids is 4. The van der Waals surface area contributed by atoms with Gasteiger partial charge < -0.3 is 25.8 Å². The van der Waals surface area contributed by atoms with E-state index < -0.39 is 23.7 Å². The summed E-state index contributed by atoms with van der Waals surface area (Å²) in [4.78, 5) is 49.6. The average Bonchev–Trinajstić information content (AvgIpc) is 2.95. The van der Waals surface area contributed by atoms with Gasteiger partial charge in [-0.15, -0.1) is 5.92 Å². The molecular formula is C35H51N3O6. The predicted octanol–water partition coefficient (Wildman–Crippen LogP) is 5.24. The molecule has 44 heavy (non-hydrogen) atoms. The fraction of sp³-hybridized carbons (Fsp3) is 0.543. The van der Waals surface area contributed by atoms with Crippen molar-refractivity contribution in [2.75, 3.05) is 13.1 Å². The Hall–Kier alpha value is -3.90. The van der Waals surface area contributed by atoms with E-state index in [4.69, 9.17) is 15.2 Å². The monoisotopic (exact) mass is 609 g/mol. The van der Waals surface area contributed by atoms with Crippen LogP contribution in [-0.4, -0.2) is 55.1 Å². The Balaban J connectivity index is 2.69. The van der Waals surface area contributed by atoms with Crippen LogP contribution in [0.1, 0.15) is 80.6 Å². The number of Topliss-reactive ketones (excluding diaryl/α,β-unsaturated/α-hetero) is 1. The maximum absolute atomic E-state index is 13.1. The second-order valence-electron chi connectivity index (χ2n) is 12.0. The number of alkyl carbamates (subject to hydrolysis) is 1. The number of hydrogen-bond acceptors (Lipinski definition) is 7. The summed E-state index contributed by atoms with van der Waals surface area (Å²) in [6.45, 7) is 14.0.